The normalized spacial score (nSPS) is 10.9. The first-order valence-electron chi connectivity index (χ1n) is 9.44. The highest BCUT2D eigenvalue weighted by Gasteiger charge is 2.21. The van der Waals surface area contributed by atoms with Gasteiger partial charge < -0.3 is 48.0 Å². The first kappa shape index (κ1) is 23.1. The van der Waals surface area contributed by atoms with Crippen LogP contribution in [0.2, 0.25) is 0 Å². The van der Waals surface area contributed by atoms with Gasteiger partial charge >= 0.3 is 0 Å². The Morgan fingerprint density at radius 1 is 0.643 bits per heavy atom. The molecule has 2 heterocycles. The van der Waals surface area contributed by atoms with Gasteiger partial charge in [-0.25, -0.2) is 18.3 Å². The molecule has 150 valence electrons. The SMILES string of the molecule is Cn1c(CCCCc2n(C)c3ccccc3[n+]2C)[n+](C)c2ccccc21.[I-].[I-]. The predicted molar refractivity (Wildman–Crippen MR) is 105 cm³/mol. The zero-order chi connectivity index (χ0) is 18.3. The lowest BCUT2D eigenvalue weighted by atomic mass is 10.1. The van der Waals surface area contributed by atoms with Gasteiger partial charge in [0.05, 0.1) is 28.2 Å². The summed E-state index contributed by atoms with van der Waals surface area (Å²) in [4.78, 5) is 0. The Morgan fingerprint density at radius 3 is 1.36 bits per heavy atom. The summed E-state index contributed by atoms with van der Waals surface area (Å²) in [5.74, 6) is 2.79. The van der Waals surface area contributed by atoms with E-state index < -0.39 is 0 Å². The average molecular weight is 602 g/mol. The largest absolute Gasteiger partial charge is 1.00 e. The van der Waals surface area contributed by atoms with E-state index in [2.05, 4.69) is 95.0 Å². The highest BCUT2D eigenvalue weighted by atomic mass is 127. The summed E-state index contributed by atoms with van der Waals surface area (Å²) in [6.07, 6.45) is 4.60. The van der Waals surface area contributed by atoms with E-state index in [-0.39, 0.29) is 48.0 Å². The Bertz CT molecular complexity index is 929. The van der Waals surface area contributed by atoms with Crippen molar-refractivity contribution in [3.05, 3.63) is 60.2 Å². The molecule has 0 spiro atoms. The van der Waals surface area contributed by atoms with Gasteiger partial charge in [0.1, 0.15) is 0 Å². The Balaban J connectivity index is 0.00000140. The number of aromatic nitrogens is 4. The van der Waals surface area contributed by atoms with Crippen LogP contribution >= 0.6 is 0 Å². The van der Waals surface area contributed by atoms with Crippen molar-refractivity contribution in [2.75, 3.05) is 0 Å². The van der Waals surface area contributed by atoms with E-state index in [4.69, 9.17) is 0 Å². The molecule has 0 saturated heterocycles. The fraction of sp³-hybridized carbons (Fsp3) is 0.364. The number of imidazole rings is 2. The molecular formula is C22H28I2N4. The minimum atomic E-state index is 0. The van der Waals surface area contributed by atoms with Crippen LogP contribution in [0.5, 0.6) is 0 Å². The quantitative estimate of drug-likeness (QED) is 0.131. The second-order valence-corrected chi connectivity index (χ2v) is 7.25. The van der Waals surface area contributed by atoms with Crippen molar-refractivity contribution < 1.29 is 57.1 Å². The maximum absolute atomic E-state index is 2.34. The Labute approximate surface area is 201 Å². The lowest BCUT2D eigenvalue weighted by Crippen LogP contribution is -3.00. The van der Waals surface area contributed by atoms with E-state index in [1.54, 1.807) is 0 Å². The highest BCUT2D eigenvalue weighted by molar-refractivity contribution is 5.72. The monoisotopic (exact) mass is 602 g/mol. The summed E-state index contributed by atoms with van der Waals surface area (Å²) < 4.78 is 9.36. The summed E-state index contributed by atoms with van der Waals surface area (Å²) in [7, 11) is 8.73. The molecule has 28 heavy (non-hydrogen) atoms. The average Bonchev–Trinajstić information content (AvgIpc) is 3.06. The molecule has 0 N–H and O–H groups in total. The van der Waals surface area contributed by atoms with E-state index >= 15 is 0 Å². The van der Waals surface area contributed by atoms with E-state index in [1.165, 1.54) is 46.6 Å². The Hall–Kier alpha value is -1.16. The molecule has 6 heteroatoms. The molecule has 0 bridgehead atoms. The van der Waals surface area contributed by atoms with Crippen molar-refractivity contribution in [1.29, 1.82) is 0 Å². The molecule has 0 aliphatic carbocycles. The van der Waals surface area contributed by atoms with Gasteiger partial charge in [-0.05, 0) is 37.1 Å². The number of para-hydroxylation sites is 4. The van der Waals surface area contributed by atoms with E-state index in [9.17, 15) is 0 Å². The van der Waals surface area contributed by atoms with Crippen LogP contribution in [0.1, 0.15) is 24.5 Å². The molecule has 2 aromatic heterocycles. The van der Waals surface area contributed by atoms with Gasteiger partial charge in [0.2, 0.25) is 0 Å². The zero-order valence-electron chi connectivity index (χ0n) is 17.0. The van der Waals surface area contributed by atoms with Crippen LogP contribution in [0.25, 0.3) is 22.1 Å². The Kier molecular flexibility index (Phi) is 7.89. The fourth-order valence-electron chi connectivity index (χ4n) is 4.31. The summed E-state index contributed by atoms with van der Waals surface area (Å²) in [6.45, 7) is 0. The van der Waals surface area contributed by atoms with Crippen LogP contribution in [-0.2, 0) is 41.0 Å². The number of fused-ring (bicyclic) bond motifs is 2. The Morgan fingerprint density at radius 2 is 1.00 bits per heavy atom. The van der Waals surface area contributed by atoms with Crippen molar-refractivity contribution in [3.63, 3.8) is 0 Å². The molecule has 0 radical (unpaired) electrons. The van der Waals surface area contributed by atoms with Crippen LogP contribution in [0.4, 0.5) is 0 Å². The molecule has 2 aromatic carbocycles. The van der Waals surface area contributed by atoms with Crippen molar-refractivity contribution in [1.82, 2.24) is 9.13 Å². The van der Waals surface area contributed by atoms with Crippen LogP contribution < -0.4 is 57.1 Å². The van der Waals surface area contributed by atoms with Crippen molar-refractivity contribution in [2.45, 2.75) is 25.7 Å². The third kappa shape index (κ3) is 3.94. The summed E-state index contributed by atoms with van der Waals surface area (Å²) in [5, 5.41) is 0. The van der Waals surface area contributed by atoms with Gasteiger partial charge in [0.25, 0.3) is 11.6 Å². The maximum atomic E-state index is 2.34. The summed E-state index contributed by atoms with van der Waals surface area (Å²) in [6, 6.07) is 17.3. The molecule has 0 amide bonds. The lowest BCUT2D eigenvalue weighted by molar-refractivity contribution is -0.654. The van der Waals surface area contributed by atoms with Crippen LogP contribution in [0.15, 0.2) is 48.5 Å². The first-order valence-corrected chi connectivity index (χ1v) is 9.44. The molecule has 0 aliphatic rings. The molecule has 4 rings (SSSR count). The predicted octanol–water partition coefficient (Wildman–Crippen LogP) is -3.11. The highest BCUT2D eigenvalue weighted by Crippen LogP contribution is 2.16. The second-order valence-electron chi connectivity index (χ2n) is 7.25. The molecule has 0 atom stereocenters. The first-order chi connectivity index (χ1) is 12.6. The molecular weight excluding hydrogens is 574 g/mol. The third-order valence-electron chi connectivity index (χ3n) is 5.81. The molecule has 0 aliphatic heterocycles. The molecule has 4 nitrogen and oxygen atoms in total. The maximum Gasteiger partial charge on any atom is 0.256 e. The number of aryl methyl sites for hydroxylation is 4. The number of halogens is 2. The second kappa shape index (κ2) is 9.56. The van der Waals surface area contributed by atoms with E-state index in [0.717, 1.165) is 12.8 Å². The molecule has 0 fully saturated rings. The van der Waals surface area contributed by atoms with Crippen LogP contribution in [0.3, 0.4) is 0 Å². The summed E-state index contributed by atoms with van der Waals surface area (Å²) in [5.41, 5.74) is 5.24. The molecule has 4 aromatic rings. The number of nitrogens with zero attached hydrogens (tertiary/aromatic N) is 4. The third-order valence-corrected chi connectivity index (χ3v) is 5.81. The zero-order valence-corrected chi connectivity index (χ0v) is 21.3. The van der Waals surface area contributed by atoms with Crippen LogP contribution in [0, 0.1) is 0 Å². The standard InChI is InChI=1S/C22H28N4.2HI/c1-23-17-11-5-6-12-18(17)24(2)21(23)15-9-10-16-22-25(3)19-13-7-8-14-20(19)26(22)4;;/h5-8,11-14H,9-10,15-16H2,1-4H3;2*1H/q+2;;/p-2. The molecule has 0 unspecified atom stereocenters. The van der Waals surface area contributed by atoms with Crippen molar-refractivity contribution in [3.8, 4) is 0 Å². The lowest BCUT2D eigenvalue weighted by Gasteiger charge is -2.00. The number of hydrogen-bond donors (Lipinski definition) is 0. The van der Waals surface area contributed by atoms with E-state index in [1.807, 2.05) is 0 Å². The smallest absolute Gasteiger partial charge is 0.256 e. The minimum Gasteiger partial charge on any atom is -1.00 e. The minimum absolute atomic E-state index is 0. The van der Waals surface area contributed by atoms with Gasteiger partial charge in [-0.15, -0.1) is 0 Å². The van der Waals surface area contributed by atoms with Gasteiger partial charge in [-0.1, -0.05) is 24.3 Å². The fourth-order valence-corrected chi connectivity index (χ4v) is 4.31. The van der Waals surface area contributed by atoms with Crippen molar-refractivity contribution in [2.24, 2.45) is 28.2 Å². The summed E-state index contributed by atoms with van der Waals surface area (Å²) >= 11 is 0. The number of benzene rings is 2. The number of rotatable bonds is 5. The number of unbranched alkanes of at least 4 members (excludes halogenated alkanes) is 1. The van der Waals surface area contributed by atoms with Gasteiger partial charge in [0.15, 0.2) is 22.1 Å². The van der Waals surface area contributed by atoms with Crippen molar-refractivity contribution >= 4 is 22.1 Å². The van der Waals surface area contributed by atoms with Gasteiger partial charge in [0, 0.05) is 12.8 Å². The molecule has 0 saturated carbocycles. The van der Waals surface area contributed by atoms with Gasteiger partial charge in [-0.2, -0.15) is 0 Å². The number of hydrogen-bond acceptors (Lipinski definition) is 0. The van der Waals surface area contributed by atoms with Crippen LogP contribution in [-0.4, -0.2) is 9.13 Å². The van der Waals surface area contributed by atoms with Gasteiger partial charge in [-0.3, -0.25) is 0 Å². The topological polar surface area (TPSA) is 17.6 Å². The van der Waals surface area contributed by atoms with E-state index in [0.29, 0.717) is 0 Å².